The average Bonchev–Trinajstić information content (AvgIpc) is 2.94. The summed E-state index contributed by atoms with van der Waals surface area (Å²) in [6.45, 7) is 4.45. The van der Waals surface area contributed by atoms with Crippen molar-refractivity contribution >= 4 is 33.1 Å². The number of anilines is 2. The maximum absolute atomic E-state index is 4.57. The molecule has 0 fully saturated rings. The predicted octanol–water partition coefficient (Wildman–Crippen LogP) is 5.44. The molecular formula is C19H21N3S. The number of thiophene rings is 1. The molecule has 23 heavy (non-hydrogen) atoms. The minimum atomic E-state index is 0.479. The lowest BCUT2D eigenvalue weighted by atomic mass is 9.97. The van der Waals surface area contributed by atoms with Gasteiger partial charge in [0, 0.05) is 10.6 Å². The van der Waals surface area contributed by atoms with E-state index < -0.39 is 0 Å². The summed E-state index contributed by atoms with van der Waals surface area (Å²) in [6.07, 6.45) is 6.61. The molecule has 4 rings (SSSR count). The summed E-state index contributed by atoms with van der Waals surface area (Å²) >= 11 is 1.84. The molecule has 0 bridgehead atoms. The van der Waals surface area contributed by atoms with Crippen molar-refractivity contribution in [2.75, 3.05) is 5.32 Å². The average molecular weight is 323 g/mol. The molecule has 0 radical (unpaired) electrons. The number of aryl methyl sites for hydroxylation is 2. The minimum Gasteiger partial charge on any atom is -0.339 e. The van der Waals surface area contributed by atoms with Crippen molar-refractivity contribution in [3.63, 3.8) is 0 Å². The van der Waals surface area contributed by atoms with Crippen LogP contribution in [0.5, 0.6) is 0 Å². The number of nitrogens with one attached hydrogen (secondary N) is 1. The number of nitrogens with zero attached hydrogens (tertiary/aromatic N) is 2. The number of aromatic nitrogens is 2. The highest BCUT2D eigenvalue weighted by atomic mass is 32.1. The van der Waals surface area contributed by atoms with E-state index in [0.717, 1.165) is 22.8 Å². The predicted molar refractivity (Wildman–Crippen MR) is 97.9 cm³/mol. The topological polar surface area (TPSA) is 37.8 Å². The van der Waals surface area contributed by atoms with Crippen LogP contribution in [0.25, 0.3) is 10.2 Å². The Hall–Kier alpha value is -1.94. The van der Waals surface area contributed by atoms with E-state index >= 15 is 0 Å². The molecule has 3 nitrogen and oxygen atoms in total. The van der Waals surface area contributed by atoms with Gasteiger partial charge in [-0.15, -0.1) is 11.3 Å². The minimum absolute atomic E-state index is 0.479. The van der Waals surface area contributed by atoms with E-state index in [-0.39, 0.29) is 0 Å². The van der Waals surface area contributed by atoms with Crippen LogP contribution in [0.2, 0.25) is 0 Å². The first-order chi connectivity index (χ1) is 11.2. The molecule has 0 saturated carbocycles. The van der Waals surface area contributed by atoms with Gasteiger partial charge in [0.25, 0.3) is 0 Å². The first-order valence-electron chi connectivity index (χ1n) is 8.35. The maximum atomic E-state index is 4.57. The molecule has 0 atom stereocenters. The van der Waals surface area contributed by atoms with Crippen molar-refractivity contribution in [1.82, 2.24) is 9.97 Å². The molecular weight excluding hydrogens is 302 g/mol. The van der Waals surface area contributed by atoms with Crippen LogP contribution in [0.1, 0.15) is 48.6 Å². The Labute approximate surface area is 140 Å². The van der Waals surface area contributed by atoms with Crippen LogP contribution in [0.3, 0.4) is 0 Å². The van der Waals surface area contributed by atoms with Gasteiger partial charge in [-0.3, -0.25) is 0 Å². The van der Waals surface area contributed by atoms with Crippen LogP contribution in [0.4, 0.5) is 11.5 Å². The normalized spacial score (nSPS) is 14.2. The first kappa shape index (κ1) is 14.6. The van der Waals surface area contributed by atoms with Gasteiger partial charge in [-0.1, -0.05) is 32.0 Å². The number of benzene rings is 1. The monoisotopic (exact) mass is 323 g/mol. The quantitative estimate of drug-likeness (QED) is 0.697. The molecule has 0 unspecified atom stereocenters. The largest absolute Gasteiger partial charge is 0.339 e. The summed E-state index contributed by atoms with van der Waals surface area (Å²) < 4.78 is 0. The van der Waals surface area contributed by atoms with Crippen LogP contribution in [0, 0.1) is 0 Å². The van der Waals surface area contributed by atoms with Gasteiger partial charge in [-0.25, -0.2) is 9.97 Å². The van der Waals surface area contributed by atoms with E-state index in [4.69, 9.17) is 0 Å². The molecule has 1 N–H and O–H groups in total. The van der Waals surface area contributed by atoms with Crippen LogP contribution >= 0.6 is 11.3 Å². The summed E-state index contributed by atoms with van der Waals surface area (Å²) in [6, 6.07) is 8.51. The molecule has 0 spiro atoms. The second kappa shape index (κ2) is 5.93. The molecule has 118 valence electrons. The Morgan fingerprint density at radius 2 is 1.91 bits per heavy atom. The van der Waals surface area contributed by atoms with Gasteiger partial charge in [0.2, 0.25) is 0 Å². The second-order valence-corrected chi connectivity index (χ2v) is 7.56. The second-order valence-electron chi connectivity index (χ2n) is 6.48. The van der Waals surface area contributed by atoms with E-state index in [2.05, 4.69) is 53.4 Å². The Kier molecular flexibility index (Phi) is 3.77. The first-order valence-corrected chi connectivity index (χ1v) is 9.17. The Bertz CT molecular complexity index is 851. The molecule has 1 aromatic carbocycles. The lowest BCUT2D eigenvalue weighted by Gasteiger charge is -2.16. The SMILES string of the molecule is CC(C)c1ccccc1Nc1ncnc2sc3c(c12)CCCC3. The van der Waals surface area contributed by atoms with Gasteiger partial charge in [0.05, 0.1) is 5.39 Å². The molecule has 2 heterocycles. The van der Waals surface area contributed by atoms with E-state index in [1.54, 1.807) is 6.33 Å². The summed E-state index contributed by atoms with van der Waals surface area (Å²) in [7, 11) is 0. The fourth-order valence-corrected chi connectivity index (χ4v) is 4.66. The molecule has 0 saturated heterocycles. The molecule has 1 aliphatic carbocycles. The van der Waals surface area contributed by atoms with Crippen molar-refractivity contribution in [2.24, 2.45) is 0 Å². The third-order valence-corrected chi connectivity index (χ3v) is 5.79. The molecule has 4 heteroatoms. The van der Waals surface area contributed by atoms with Gasteiger partial charge in [0.1, 0.15) is 17.0 Å². The molecule has 0 aliphatic heterocycles. The molecule has 0 amide bonds. The summed E-state index contributed by atoms with van der Waals surface area (Å²) in [5.74, 6) is 1.44. The van der Waals surface area contributed by atoms with Gasteiger partial charge >= 0.3 is 0 Å². The molecule has 1 aliphatic rings. The molecule has 3 aromatic rings. The summed E-state index contributed by atoms with van der Waals surface area (Å²) in [5.41, 5.74) is 3.95. The van der Waals surface area contributed by atoms with Gasteiger partial charge in [-0.05, 0) is 48.8 Å². The third-order valence-electron chi connectivity index (χ3n) is 4.59. The van der Waals surface area contributed by atoms with Crippen molar-refractivity contribution in [3.8, 4) is 0 Å². The number of hydrogen-bond donors (Lipinski definition) is 1. The van der Waals surface area contributed by atoms with Crippen LogP contribution < -0.4 is 5.32 Å². The van der Waals surface area contributed by atoms with Gasteiger partial charge in [-0.2, -0.15) is 0 Å². The lowest BCUT2D eigenvalue weighted by molar-refractivity contribution is 0.700. The lowest BCUT2D eigenvalue weighted by Crippen LogP contribution is -2.02. The van der Waals surface area contributed by atoms with E-state index in [0.29, 0.717) is 5.92 Å². The third kappa shape index (κ3) is 2.61. The van der Waals surface area contributed by atoms with E-state index in [1.807, 2.05) is 11.3 Å². The standard InChI is InChI=1S/C19H21N3S/c1-12(2)13-7-3-5-9-15(13)22-18-17-14-8-4-6-10-16(14)23-19(17)21-11-20-18/h3,5,7,9,11-12H,4,6,8,10H2,1-2H3,(H,20,21,22). The fraction of sp³-hybridized carbons (Fsp3) is 0.368. The van der Waals surface area contributed by atoms with Crippen molar-refractivity contribution < 1.29 is 0 Å². The summed E-state index contributed by atoms with van der Waals surface area (Å²) in [5, 5.41) is 4.83. The van der Waals surface area contributed by atoms with Crippen molar-refractivity contribution in [3.05, 3.63) is 46.6 Å². The smallest absolute Gasteiger partial charge is 0.142 e. The zero-order chi connectivity index (χ0) is 15.8. The Balaban J connectivity index is 1.82. The highest BCUT2D eigenvalue weighted by Crippen LogP contribution is 2.39. The summed E-state index contributed by atoms with van der Waals surface area (Å²) in [4.78, 5) is 11.7. The van der Waals surface area contributed by atoms with Crippen LogP contribution in [0.15, 0.2) is 30.6 Å². The van der Waals surface area contributed by atoms with Gasteiger partial charge < -0.3 is 5.32 Å². The highest BCUT2D eigenvalue weighted by molar-refractivity contribution is 7.19. The highest BCUT2D eigenvalue weighted by Gasteiger charge is 2.20. The maximum Gasteiger partial charge on any atom is 0.142 e. The van der Waals surface area contributed by atoms with Gasteiger partial charge in [0.15, 0.2) is 0 Å². The van der Waals surface area contributed by atoms with Crippen LogP contribution in [-0.2, 0) is 12.8 Å². The van der Waals surface area contributed by atoms with E-state index in [1.165, 1.54) is 40.7 Å². The number of fused-ring (bicyclic) bond motifs is 3. The zero-order valence-electron chi connectivity index (χ0n) is 13.6. The molecule has 2 aromatic heterocycles. The Morgan fingerprint density at radius 3 is 2.78 bits per heavy atom. The van der Waals surface area contributed by atoms with Crippen molar-refractivity contribution in [2.45, 2.75) is 45.4 Å². The number of para-hydroxylation sites is 1. The number of rotatable bonds is 3. The van der Waals surface area contributed by atoms with E-state index in [9.17, 15) is 0 Å². The zero-order valence-corrected chi connectivity index (χ0v) is 14.4. The van der Waals surface area contributed by atoms with Crippen molar-refractivity contribution in [1.29, 1.82) is 0 Å². The Morgan fingerprint density at radius 1 is 1.09 bits per heavy atom. The fourth-order valence-electron chi connectivity index (χ4n) is 3.43. The van der Waals surface area contributed by atoms with Crippen LogP contribution in [-0.4, -0.2) is 9.97 Å². The number of hydrogen-bond acceptors (Lipinski definition) is 4.